The number of piperidine rings is 1. The molecule has 0 aliphatic carbocycles. The molecule has 0 spiro atoms. The van der Waals surface area contributed by atoms with Crippen LogP contribution in [0.4, 0.5) is 33.5 Å². The molecule has 10 nitrogen and oxygen atoms in total. The Hall–Kier alpha value is -3.89. The van der Waals surface area contributed by atoms with Crippen molar-refractivity contribution in [3.8, 4) is 0 Å². The van der Waals surface area contributed by atoms with Crippen LogP contribution in [-0.4, -0.2) is 78.8 Å². The quantitative estimate of drug-likeness (QED) is 0.251. The molecule has 234 valence electrons. The zero-order valence-electron chi connectivity index (χ0n) is 23.1. The molecule has 43 heavy (non-hydrogen) atoms. The number of benzene rings is 2. The van der Waals surface area contributed by atoms with Gasteiger partial charge in [-0.2, -0.15) is 13.2 Å². The Kier molecular flexibility index (Phi) is 10.6. The zero-order chi connectivity index (χ0) is 32.0. The number of nitrogens with one attached hydrogen (secondary N) is 1. The lowest BCUT2D eigenvalue weighted by atomic mass is 9.79. The van der Waals surface area contributed by atoms with Gasteiger partial charge in [-0.3, -0.25) is 14.4 Å². The van der Waals surface area contributed by atoms with Crippen LogP contribution in [0.3, 0.4) is 0 Å². The fourth-order valence-corrected chi connectivity index (χ4v) is 6.11. The van der Waals surface area contributed by atoms with Crippen LogP contribution in [0.1, 0.15) is 24.0 Å². The fourth-order valence-electron chi connectivity index (χ4n) is 4.98. The average Bonchev–Trinajstić information content (AvgIpc) is 2.92. The summed E-state index contributed by atoms with van der Waals surface area (Å²) in [4.78, 5) is 17.9. The number of likely N-dealkylation sites (N-methyl/N-ethyl adjacent to an activating group) is 1. The molecule has 2 atom stereocenters. The Morgan fingerprint density at radius 2 is 1.81 bits per heavy atom. The highest BCUT2D eigenvalue weighted by Crippen LogP contribution is 2.36. The van der Waals surface area contributed by atoms with E-state index < -0.39 is 49.9 Å². The molecule has 1 aliphatic heterocycles. The van der Waals surface area contributed by atoms with E-state index in [2.05, 4.69) is 9.97 Å². The first-order chi connectivity index (χ1) is 20.1. The third-order valence-corrected chi connectivity index (χ3v) is 8.59. The number of halogens is 5. The molecule has 0 unspecified atom stereocenters. The first-order valence-corrected chi connectivity index (χ1v) is 14.2. The molecule has 1 saturated heterocycles. The molecule has 2 heterocycles. The van der Waals surface area contributed by atoms with E-state index >= 15 is 8.78 Å². The summed E-state index contributed by atoms with van der Waals surface area (Å²) in [7, 11) is -1.22. The highest BCUT2D eigenvalue weighted by Gasteiger charge is 2.45. The minimum Gasteiger partial charge on any atom is -0.483 e. The largest absolute Gasteiger partial charge is 0.483 e. The lowest BCUT2D eigenvalue weighted by Crippen LogP contribution is -2.64. The van der Waals surface area contributed by atoms with Gasteiger partial charge in [0, 0.05) is 25.0 Å². The van der Waals surface area contributed by atoms with Gasteiger partial charge in [0.1, 0.15) is 23.8 Å². The highest BCUT2D eigenvalue weighted by atomic mass is 32.2. The summed E-state index contributed by atoms with van der Waals surface area (Å²) in [6.45, 7) is 0.0504. The lowest BCUT2D eigenvalue weighted by molar-refractivity contribution is -0.137. The maximum Gasteiger partial charge on any atom is 0.416 e. The molecule has 3 N–H and O–H groups in total. The van der Waals surface area contributed by atoms with Crippen LogP contribution >= 0.6 is 0 Å². The van der Waals surface area contributed by atoms with Gasteiger partial charge in [0.05, 0.1) is 17.2 Å². The molecule has 1 aliphatic rings. The van der Waals surface area contributed by atoms with E-state index in [1.54, 1.807) is 30.0 Å². The number of aryl methyl sites for hydroxylation is 1. The van der Waals surface area contributed by atoms with Gasteiger partial charge in [0.15, 0.2) is 4.90 Å². The minimum absolute atomic E-state index is 0.0631. The molecule has 0 bridgehead atoms. The van der Waals surface area contributed by atoms with Crippen molar-refractivity contribution in [1.82, 2.24) is 14.9 Å². The summed E-state index contributed by atoms with van der Waals surface area (Å²) < 4.78 is 97.2. The second-order valence-corrected chi connectivity index (χ2v) is 11.6. The number of alkyl halides is 3. The fraction of sp³-hybridized carbons (Fsp3) is 0.370. The Balaban J connectivity index is 0.00000162. The van der Waals surface area contributed by atoms with Crippen molar-refractivity contribution < 1.29 is 45.4 Å². The second-order valence-electron chi connectivity index (χ2n) is 9.97. The molecule has 0 amide bonds. The molecule has 2 aromatic carbocycles. The van der Waals surface area contributed by atoms with Crippen molar-refractivity contribution in [3.63, 3.8) is 0 Å². The Labute approximate surface area is 244 Å². The van der Waals surface area contributed by atoms with Crippen LogP contribution in [0.2, 0.25) is 0 Å². The number of sulfonamides is 1. The maximum atomic E-state index is 15.1. The smallest absolute Gasteiger partial charge is 0.416 e. The minimum atomic E-state index is -4.66. The monoisotopic (exact) mass is 631 g/mol. The van der Waals surface area contributed by atoms with Crippen molar-refractivity contribution >= 4 is 28.0 Å². The number of hydrogen-bond acceptors (Lipinski definition) is 8. The van der Waals surface area contributed by atoms with E-state index in [-0.39, 0.29) is 50.3 Å². The van der Waals surface area contributed by atoms with E-state index in [9.17, 15) is 26.7 Å². The molecule has 3 aromatic rings. The molecule has 4 rings (SSSR count). The summed E-state index contributed by atoms with van der Waals surface area (Å²) in [5.41, 5.74) is -1.25. The number of aliphatic hydroxyl groups is 1. The maximum absolute atomic E-state index is 15.1. The lowest BCUT2D eigenvalue weighted by Gasteiger charge is -2.51. The molecule has 0 radical (unpaired) electrons. The van der Waals surface area contributed by atoms with Crippen molar-refractivity contribution in [1.29, 1.82) is 0 Å². The Morgan fingerprint density at radius 1 is 1.16 bits per heavy atom. The molecule has 16 heteroatoms. The Bertz CT molecular complexity index is 1490. The van der Waals surface area contributed by atoms with Crippen LogP contribution in [0.15, 0.2) is 59.9 Å². The van der Waals surface area contributed by atoms with Gasteiger partial charge in [-0.1, -0.05) is 18.2 Å². The molecule has 1 fully saturated rings. The first-order valence-electron chi connectivity index (χ1n) is 12.8. The van der Waals surface area contributed by atoms with Gasteiger partial charge in [0.25, 0.3) is 16.5 Å². The van der Waals surface area contributed by atoms with Gasteiger partial charge < -0.3 is 15.1 Å². The number of rotatable bonds is 8. The van der Waals surface area contributed by atoms with Crippen molar-refractivity contribution in [2.45, 2.75) is 42.0 Å². The van der Waals surface area contributed by atoms with Crippen LogP contribution in [0, 0.1) is 11.6 Å². The van der Waals surface area contributed by atoms with E-state index in [1.165, 1.54) is 18.3 Å². The van der Waals surface area contributed by atoms with Crippen LogP contribution in [-0.2, 0) is 27.4 Å². The van der Waals surface area contributed by atoms with Gasteiger partial charge in [0.2, 0.25) is 0 Å². The number of carbonyl (C=O) groups is 1. The van der Waals surface area contributed by atoms with Gasteiger partial charge >= 0.3 is 6.18 Å². The normalized spacial score (nSPS) is 19.0. The molecule has 0 saturated carbocycles. The van der Waals surface area contributed by atoms with E-state index in [0.717, 1.165) is 30.6 Å². The molecular weight excluding hydrogens is 601 g/mol. The van der Waals surface area contributed by atoms with Crippen LogP contribution in [0.5, 0.6) is 0 Å². The van der Waals surface area contributed by atoms with Crippen LogP contribution < -0.4 is 9.62 Å². The third-order valence-electron chi connectivity index (χ3n) is 7.19. The van der Waals surface area contributed by atoms with Gasteiger partial charge in [-0.15, -0.1) is 0 Å². The number of nitrogens with zero attached hydrogens (tertiary/aromatic N) is 4. The number of hydrogen-bond donors (Lipinski definition) is 3. The summed E-state index contributed by atoms with van der Waals surface area (Å²) in [5.74, 6) is -2.80. The summed E-state index contributed by atoms with van der Waals surface area (Å²) in [5, 5.41) is 17.9. The molecule has 1 aromatic heterocycles. The molecular formula is C27H30F5N5O5S. The Morgan fingerprint density at radius 3 is 2.37 bits per heavy atom. The highest BCUT2D eigenvalue weighted by molar-refractivity contribution is 7.92. The van der Waals surface area contributed by atoms with E-state index in [4.69, 9.17) is 9.90 Å². The van der Waals surface area contributed by atoms with Gasteiger partial charge in [-0.25, -0.2) is 27.2 Å². The number of anilines is 2. The second kappa shape index (κ2) is 13.6. The van der Waals surface area contributed by atoms with Gasteiger partial charge in [-0.05, 0) is 63.2 Å². The van der Waals surface area contributed by atoms with Crippen molar-refractivity contribution in [3.05, 3.63) is 77.8 Å². The predicted octanol–water partition coefficient (Wildman–Crippen LogP) is 3.78. The van der Waals surface area contributed by atoms with E-state index in [0.29, 0.717) is 5.56 Å². The third kappa shape index (κ3) is 7.94. The summed E-state index contributed by atoms with van der Waals surface area (Å²) >= 11 is 0. The average molecular weight is 632 g/mol. The van der Waals surface area contributed by atoms with Crippen molar-refractivity contribution in [2.24, 2.45) is 0 Å². The standard InChI is InChI=1S/C26H28F5N5O3S.CH2O2/c1-35(2)25(9-6-17-4-3-5-18(12-17)26(29,30)31)15-36(11-8-22(25)37)19-13-20(27)24(21(28)14-19)40(38,39)34-23-7-10-32-16-33-23;2-1-3/h3-5,7,10,12-14,16,22,37H,6,8-9,11,15H2,1-2H3,(H,32,33,34);1H,(H,2,3)/t22-,25+;/m0./s1. The topological polar surface area (TPSA) is 136 Å². The SMILES string of the molecule is CN(C)[C@]1(CCc2cccc(C(F)(F)F)c2)CN(c2cc(F)c(S(=O)(=O)Nc3ccncn3)c(F)c2)CC[C@@H]1O.O=CO. The van der Waals surface area contributed by atoms with Crippen molar-refractivity contribution in [2.75, 3.05) is 36.8 Å². The summed E-state index contributed by atoms with van der Waals surface area (Å²) in [6, 6.07) is 7.98. The van der Waals surface area contributed by atoms with E-state index in [1.807, 2.05) is 4.72 Å². The number of carboxylic acid groups (broad SMARTS) is 1. The zero-order valence-corrected chi connectivity index (χ0v) is 23.9. The number of aromatic nitrogens is 2. The van der Waals surface area contributed by atoms with Crippen LogP contribution in [0.25, 0.3) is 0 Å². The first kappa shape index (κ1) is 33.6. The summed E-state index contributed by atoms with van der Waals surface area (Å²) in [6.07, 6.45) is -2.37. The number of aliphatic hydroxyl groups excluding tert-OH is 1. The predicted molar refractivity (Wildman–Crippen MR) is 147 cm³/mol.